The summed E-state index contributed by atoms with van der Waals surface area (Å²) in [6, 6.07) is 13.7. The second kappa shape index (κ2) is 9.46. The third kappa shape index (κ3) is 4.37. The van der Waals surface area contributed by atoms with Gasteiger partial charge in [-0.1, -0.05) is 79.3 Å². The van der Waals surface area contributed by atoms with Crippen molar-refractivity contribution in [3.05, 3.63) is 86.9 Å². The maximum atomic E-state index is 13.3. The van der Waals surface area contributed by atoms with E-state index in [1.165, 1.54) is 12.0 Å². The number of aromatic nitrogens is 1. The van der Waals surface area contributed by atoms with Crippen molar-refractivity contribution in [2.75, 3.05) is 12.0 Å². The predicted molar refractivity (Wildman–Crippen MR) is 135 cm³/mol. The number of Topliss-reactive ketones (excluding diaryl/α,β-unsaturated/α-hetero) is 1. The molecule has 1 aromatic heterocycles. The van der Waals surface area contributed by atoms with E-state index in [-0.39, 0.29) is 21.3 Å². The number of rotatable bonds is 5. The van der Waals surface area contributed by atoms with E-state index in [2.05, 4.69) is 18.8 Å². The first-order chi connectivity index (χ1) is 16.6. The number of methoxy groups -OCH3 is 1. The Morgan fingerprint density at radius 2 is 1.69 bits per heavy atom. The fourth-order valence-corrected chi connectivity index (χ4v) is 5.05. The van der Waals surface area contributed by atoms with Crippen molar-refractivity contribution in [3.63, 3.8) is 0 Å². The van der Waals surface area contributed by atoms with Crippen molar-refractivity contribution in [2.45, 2.75) is 39.7 Å². The first-order valence-electron chi connectivity index (χ1n) is 11.2. The van der Waals surface area contributed by atoms with Gasteiger partial charge in [-0.05, 0) is 30.9 Å². The van der Waals surface area contributed by atoms with Gasteiger partial charge in [-0.3, -0.25) is 14.5 Å². The molecular weight excluding hydrogens is 464 g/mol. The molecule has 35 heavy (non-hydrogen) atoms. The van der Waals surface area contributed by atoms with Gasteiger partial charge in [0.25, 0.3) is 5.78 Å². The standard InChI is InChI=1S/C27H26N2O5S/c1-14(2)17-10-12-18(13-11-17)21-20(22(30)19-8-6-15(3)7-9-19)23(31)25(32)29(21)27-28-16(4)24(35-27)26(33)34-5/h6-14,21,30H,1-5H3/b22-20+. The minimum absolute atomic E-state index is 0.0244. The Balaban J connectivity index is 1.92. The van der Waals surface area contributed by atoms with E-state index in [9.17, 15) is 19.5 Å². The number of carbonyl (C=O) groups is 3. The summed E-state index contributed by atoms with van der Waals surface area (Å²) in [6.07, 6.45) is 0. The van der Waals surface area contributed by atoms with Crippen LogP contribution < -0.4 is 4.90 Å². The number of nitrogens with zero attached hydrogens (tertiary/aromatic N) is 2. The molecule has 4 rings (SSSR count). The van der Waals surface area contributed by atoms with Crippen LogP contribution in [0.1, 0.15) is 63.4 Å². The lowest BCUT2D eigenvalue weighted by molar-refractivity contribution is -0.132. The van der Waals surface area contributed by atoms with Crippen LogP contribution in [0.5, 0.6) is 0 Å². The summed E-state index contributed by atoms with van der Waals surface area (Å²) in [5.74, 6) is -2.16. The van der Waals surface area contributed by atoms with Gasteiger partial charge < -0.3 is 9.84 Å². The van der Waals surface area contributed by atoms with Crippen LogP contribution in [0.15, 0.2) is 54.1 Å². The van der Waals surface area contributed by atoms with Gasteiger partial charge in [-0.2, -0.15) is 0 Å². The summed E-state index contributed by atoms with van der Waals surface area (Å²) >= 11 is 0.976. The first kappa shape index (κ1) is 24.3. The highest BCUT2D eigenvalue weighted by Crippen LogP contribution is 2.44. The van der Waals surface area contributed by atoms with E-state index in [0.29, 0.717) is 22.7 Å². The van der Waals surface area contributed by atoms with Gasteiger partial charge in [0, 0.05) is 5.56 Å². The molecule has 3 aromatic rings. The molecule has 0 aliphatic carbocycles. The van der Waals surface area contributed by atoms with Crippen LogP contribution in [-0.4, -0.2) is 34.9 Å². The molecule has 1 atom stereocenters. The number of carbonyl (C=O) groups excluding carboxylic acids is 3. The maximum absolute atomic E-state index is 13.3. The largest absolute Gasteiger partial charge is 0.507 e. The third-order valence-electron chi connectivity index (χ3n) is 6.05. The van der Waals surface area contributed by atoms with E-state index in [1.54, 1.807) is 19.1 Å². The highest BCUT2D eigenvalue weighted by molar-refractivity contribution is 7.17. The van der Waals surface area contributed by atoms with Crippen LogP contribution in [0, 0.1) is 13.8 Å². The molecule has 1 fully saturated rings. The maximum Gasteiger partial charge on any atom is 0.350 e. The third-order valence-corrected chi connectivity index (χ3v) is 7.19. The van der Waals surface area contributed by atoms with E-state index in [4.69, 9.17) is 4.74 Å². The van der Waals surface area contributed by atoms with Crippen molar-refractivity contribution in [3.8, 4) is 0 Å². The molecule has 0 spiro atoms. The first-order valence-corrected chi connectivity index (χ1v) is 12.0. The Morgan fingerprint density at radius 1 is 1.06 bits per heavy atom. The summed E-state index contributed by atoms with van der Waals surface area (Å²) in [5.41, 5.74) is 3.55. The number of thiazole rings is 1. The number of amides is 1. The van der Waals surface area contributed by atoms with Gasteiger partial charge in [0.1, 0.15) is 10.6 Å². The molecule has 180 valence electrons. The monoisotopic (exact) mass is 490 g/mol. The molecule has 0 radical (unpaired) electrons. The number of esters is 1. The van der Waals surface area contributed by atoms with Crippen LogP contribution in [0.3, 0.4) is 0 Å². The van der Waals surface area contributed by atoms with Crippen molar-refractivity contribution in [2.24, 2.45) is 0 Å². The number of ether oxygens (including phenoxy) is 1. The van der Waals surface area contributed by atoms with Crippen molar-refractivity contribution in [1.82, 2.24) is 4.98 Å². The van der Waals surface area contributed by atoms with E-state index in [1.807, 2.05) is 43.3 Å². The summed E-state index contributed by atoms with van der Waals surface area (Å²) in [4.78, 5) is 44.7. The second-order valence-corrected chi connectivity index (χ2v) is 9.74. The number of hydrogen-bond acceptors (Lipinski definition) is 7. The second-order valence-electron chi connectivity index (χ2n) is 8.76. The SMILES string of the molecule is COC(=O)c1sc(N2C(=O)C(=O)/C(=C(/O)c3ccc(C)cc3)C2c2ccc(C(C)C)cc2)nc1C. The van der Waals surface area contributed by atoms with Gasteiger partial charge >= 0.3 is 11.9 Å². The number of aryl methyl sites for hydroxylation is 2. The number of hydrogen-bond donors (Lipinski definition) is 1. The van der Waals surface area contributed by atoms with Gasteiger partial charge in [0.15, 0.2) is 5.13 Å². The molecule has 1 amide bonds. The smallest absolute Gasteiger partial charge is 0.350 e. The predicted octanol–water partition coefficient (Wildman–Crippen LogP) is 5.30. The van der Waals surface area contributed by atoms with E-state index in [0.717, 1.165) is 22.5 Å². The minimum Gasteiger partial charge on any atom is -0.507 e. The average Bonchev–Trinajstić information content (AvgIpc) is 3.35. The highest BCUT2D eigenvalue weighted by atomic mass is 32.1. The Bertz CT molecular complexity index is 1340. The fraction of sp³-hybridized carbons (Fsp3) is 0.259. The van der Waals surface area contributed by atoms with Gasteiger partial charge in [-0.15, -0.1) is 0 Å². The van der Waals surface area contributed by atoms with Gasteiger partial charge in [0.05, 0.1) is 24.4 Å². The topological polar surface area (TPSA) is 96.8 Å². The van der Waals surface area contributed by atoms with Crippen molar-refractivity contribution in [1.29, 1.82) is 0 Å². The fourth-order valence-electron chi connectivity index (χ4n) is 4.04. The number of ketones is 1. The molecular formula is C27H26N2O5S. The van der Waals surface area contributed by atoms with Crippen LogP contribution in [-0.2, 0) is 14.3 Å². The zero-order valence-corrected chi connectivity index (χ0v) is 21.0. The number of benzene rings is 2. The Morgan fingerprint density at radius 3 is 2.26 bits per heavy atom. The molecule has 2 heterocycles. The Labute approximate surface area is 207 Å². The normalized spacial score (nSPS) is 17.3. The average molecular weight is 491 g/mol. The molecule has 1 N–H and O–H groups in total. The molecule has 1 saturated heterocycles. The molecule has 7 nitrogen and oxygen atoms in total. The van der Waals surface area contributed by atoms with Crippen LogP contribution in [0.2, 0.25) is 0 Å². The minimum atomic E-state index is -0.909. The molecule has 0 bridgehead atoms. The molecule has 1 aliphatic heterocycles. The zero-order valence-electron chi connectivity index (χ0n) is 20.2. The quantitative estimate of drug-likeness (QED) is 0.226. The lowest BCUT2D eigenvalue weighted by Gasteiger charge is -2.23. The number of aliphatic hydroxyl groups is 1. The van der Waals surface area contributed by atoms with Gasteiger partial charge in [-0.25, -0.2) is 9.78 Å². The van der Waals surface area contributed by atoms with Crippen LogP contribution in [0.25, 0.3) is 5.76 Å². The molecule has 0 saturated carbocycles. The van der Waals surface area contributed by atoms with Crippen molar-refractivity contribution < 1.29 is 24.2 Å². The summed E-state index contributed by atoms with van der Waals surface area (Å²) < 4.78 is 4.83. The Hall–Kier alpha value is -3.78. The Kier molecular flexibility index (Phi) is 6.58. The van der Waals surface area contributed by atoms with E-state index < -0.39 is 23.7 Å². The van der Waals surface area contributed by atoms with E-state index >= 15 is 0 Å². The zero-order chi connectivity index (χ0) is 25.4. The molecule has 2 aromatic carbocycles. The van der Waals surface area contributed by atoms with Crippen LogP contribution in [0.4, 0.5) is 5.13 Å². The molecule has 8 heteroatoms. The molecule has 1 unspecified atom stereocenters. The van der Waals surface area contributed by atoms with Gasteiger partial charge in [0.2, 0.25) is 0 Å². The highest BCUT2D eigenvalue weighted by Gasteiger charge is 2.48. The summed E-state index contributed by atoms with van der Waals surface area (Å²) in [7, 11) is 1.27. The molecule has 1 aliphatic rings. The number of anilines is 1. The van der Waals surface area contributed by atoms with Crippen LogP contribution >= 0.6 is 11.3 Å². The lowest BCUT2D eigenvalue weighted by Crippen LogP contribution is -2.29. The lowest BCUT2D eigenvalue weighted by atomic mass is 9.93. The van der Waals surface area contributed by atoms with Crippen molar-refractivity contribution >= 4 is 39.9 Å². The number of aliphatic hydroxyl groups excluding tert-OH is 1. The summed E-state index contributed by atoms with van der Waals surface area (Å²) in [5, 5.41) is 11.4. The summed E-state index contributed by atoms with van der Waals surface area (Å²) in [6.45, 7) is 7.71.